The van der Waals surface area contributed by atoms with Crippen LogP contribution in [-0.4, -0.2) is 35.0 Å². The number of piperidine rings is 1. The van der Waals surface area contributed by atoms with Crippen LogP contribution in [0.25, 0.3) is 0 Å². The van der Waals surface area contributed by atoms with E-state index in [4.69, 9.17) is 5.11 Å². The van der Waals surface area contributed by atoms with Crippen molar-refractivity contribution in [3.05, 3.63) is 35.4 Å². The van der Waals surface area contributed by atoms with E-state index in [1.165, 1.54) is 0 Å². The van der Waals surface area contributed by atoms with Crippen molar-refractivity contribution in [2.45, 2.75) is 39.0 Å². The summed E-state index contributed by atoms with van der Waals surface area (Å²) in [5.74, 6) is -0.352. The van der Waals surface area contributed by atoms with E-state index >= 15 is 0 Å². The number of benzene rings is 1. The van der Waals surface area contributed by atoms with Crippen LogP contribution in [0.15, 0.2) is 24.3 Å². The predicted octanol–water partition coefficient (Wildman–Crippen LogP) is 2.97. The first-order valence-corrected chi connectivity index (χ1v) is 7.70. The zero-order valence-electron chi connectivity index (χ0n) is 12.5. The van der Waals surface area contributed by atoms with Crippen LogP contribution in [-0.2, 0) is 11.2 Å². The van der Waals surface area contributed by atoms with E-state index < -0.39 is 5.97 Å². The average molecular weight is 289 g/mol. The molecule has 4 heteroatoms. The van der Waals surface area contributed by atoms with E-state index in [-0.39, 0.29) is 12.3 Å². The van der Waals surface area contributed by atoms with Crippen molar-refractivity contribution in [1.29, 1.82) is 0 Å². The molecule has 0 aliphatic carbocycles. The Morgan fingerprint density at radius 3 is 2.81 bits per heavy atom. The van der Waals surface area contributed by atoms with Gasteiger partial charge in [-0.25, -0.2) is 0 Å². The number of carboxylic acid groups (broad SMARTS) is 1. The van der Waals surface area contributed by atoms with Gasteiger partial charge in [0.05, 0.1) is 0 Å². The summed E-state index contributed by atoms with van der Waals surface area (Å²) in [6.07, 6.45) is 3.68. The van der Waals surface area contributed by atoms with E-state index in [0.29, 0.717) is 18.9 Å². The number of rotatable bonds is 5. The van der Waals surface area contributed by atoms with Crippen LogP contribution in [0.1, 0.15) is 48.5 Å². The summed E-state index contributed by atoms with van der Waals surface area (Å²) in [4.78, 5) is 25.2. The van der Waals surface area contributed by atoms with Crippen LogP contribution in [0, 0.1) is 5.92 Å². The van der Waals surface area contributed by atoms with Crippen LogP contribution < -0.4 is 0 Å². The summed E-state index contributed by atoms with van der Waals surface area (Å²) in [6, 6.07) is 7.75. The molecule has 21 heavy (non-hydrogen) atoms. The van der Waals surface area contributed by atoms with Crippen molar-refractivity contribution in [1.82, 2.24) is 4.90 Å². The number of carbonyl (C=O) groups is 2. The molecule has 1 amide bonds. The molecule has 1 aromatic carbocycles. The van der Waals surface area contributed by atoms with Gasteiger partial charge in [0.15, 0.2) is 0 Å². The number of hydrogen-bond donors (Lipinski definition) is 1. The molecular weight excluding hydrogens is 266 g/mol. The molecule has 1 heterocycles. The van der Waals surface area contributed by atoms with Crippen molar-refractivity contribution in [2.75, 3.05) is 13.1 Å². The van der Waals surface area contributed by atoms with Crippen molar-refractivity contribution in [3.8, 4) is 0 Å². The number of amides is 1. The lowest BCUT2D eigenvalue weighted by atomic mass is 9.92. The van der Waals surface area contributed by atoms with Crippen LogP contribution in [0.2, 0.25) is 0 Å². The summed E-state index contributed by atoms with van der Waals surface area (Å²) >= 11 is 0. The Bertz CT molecular complexity index is 513. The fraction of sp³-hybridized carbons (Fsp3) is 0.529. The molecule has 0 radical (unpaired) electrons. The number of aliphatic carboxylic acids is 1. The van der Waals surface area contributed by atoms with E-state index in [0.717, 1.165) is 36.9 Å². The largest absolute Gasteiger partial charge is 0.481 e. The molecule has 0 bridgehead atoms. The van der Waals surface area contributed by atoms with Crippen LogP contribution in [0.5, 0.6) is 0 Å². The first kappa shape index (κ1) is 15.5. The number of likely N-dealkylation sites (tertiary alicyclic amines) is 1. The molecule has 1 N–H and O–H groups in total. The highest BCUT2D eigenvalue weighted by Gasteiger charge is 2.25. The minimum Gasteiger partial charge on any atom is -0.481 e. The number of carboxylic acids is 1. The van der Waals surface area contributed by atoms with Gasteiger partial charge >= 0.3 is 5.97 Å². The Hall–Kier alpha value is -1.84. The van der Waals surface area contributed by atoms with E-state index in [1.807, 2.05) is 29.2 Å². The van der Waals surface area contributed by atoms with Gasteiger partial charge < -0.3 is 10.0 Å². The van der Waals surface area contributed by atoms with Gasteiger partial charge in [-0.1, -0.05) is 25.1 Å². The molecule has 2 rings (SSSR count). The summed E-state index contributed by atoms with van der Waals surface area (Å²) in [7, 11) is 0. The molecule has 114 valence electrons. The molecule has 1 saturated heterocycles. The topological polar surface area (TPSA) is 57.6 Å². The molecule has 1 atom stereocenters. The first-order chi connectivity index (χ1) is 10.1. The third-order valence-corrected chi connectivity index (χ3v) is 4.20. The van der Waals surface area contributed by atoms with Crippen LogP contribution in [0.3, 0.4) is 0 Å². The van der Waals surface area contributed by atoms with Crippen LogP contribution in [0.4, 0.5) is 0 Å². The van der Waals surface area contributed by atoms with Crippen molar-refractivity contribution in [2.24, 2.45) is 5.92 Å². The van der Waals surface area contributed by atoms with Gasteiger partial charge in [0.2, 0.25) is 0 Å². The molecule has 0 saturated carbocycles. The summed E-state index contributed by atoms with van der Waals surface area (Å²) in [5, 5.41) is 8.78. The molecular formula is C17H23NO3. The minimum atomic E-state index is -0.755. The average Bonchev–Trinajstić information content (AvgIpc) is 2.52. The first-order valence-electron chi connectivity index (χ1n) is 7.70. The highest BCUT2D eigenvalue weighted by molar-refractivity contribution is 5.95. The van der Waals surface area contributed by atoms with Gasteiger partial charge in [-0.15, -0.1) is 0 Å². The van der Waals surface area contributed by atoms with Crippen LogP contribution >= 0.6 is 0 Å². The molecule has 1 aromatic rings. The Morgan fingerprint density at radius 1 is 1.33 bits per heavy atom. The lowest BCUT2D eigenvalue weighted by Gasteiger charge is -2.33. The van der Waals surface area contributed by atoms with E-state index in [1.54, 1.807) is 0 Å². The summed E-state index contributed by atoms with van der Waals surface area (Å²) < 4.78 is 0. The zero-order valence-corrected chi connectivity index (χ0v) is 12.5. The third-order valence-electron chi connectivity index (χ3n) is 4.20. The lowest BCUT2D eigenvalue weighted by Crippen LogP contribution is -2.40. The van der Waals surface area contributed by atoms with Crippen molar-refractivity contribution >= 4 is 11.9 Å². The van der Waals surface area contributed by atoms with Gasteiger partial charge in [0.25, 0.3) is 5.91 Å². The molecule has 1 fully saturated rings. The number of carbonyl (C=O) groups excluding carboxylic acids is 1. The van der Waals surface area contributed by atoms with Gasteiger partial charge in [-0.3, -0.25) is 9.59 Å². The Kier molecular flexibility index (Phi) is 5.37. The molecule has 4 nitrogen and oxygen atoms in total. The number of aryl methyl sites for hydroxylation is 1. The third kappa shape index (κ3) is 4.06. The maximum Gasteiger partial charge on any atom is 0.303 e. The second kappa shape index (κ2) is 7.25. The molecule has 0 spiro atoms. The quantitative estimate of drug-likeness (QED) is 0.906. The monoisotopic (exact) mass is 289 g/mol. The minimum absolute atomic E-state index is 0.0903. The fourth-order valence-corrected chi connectivity index (χ4v) is 3.02. The molecule has 1 aliphatic rings. The van der Waals surface area contributed by atoms with Crippen molar-refractivity contribution < 1.29 is 14.7 Å². The molecule has 1 unspecified atom stereocenters. The Balaban J connectivity index is 2.03. The van der Waals surface area contributed by atoms with Gasteiger partial charge in [0, 0.05) is 25.1 Å². The Labute approximate surface area is 125 Å². The summed E-state index contributed by atoms with van der Waals surface area (Å²) in [5.41, 5.74) is 1.87. The number of hydrogen-bond acceptors (Lipinski definition) is 2. The molecule has 0 aromatic heterocycles. The normalized spacial score (nSPS) is 18.5. The lowest BCUT2D eigenvalue weighted by molar-refractivity contribution is -0.137. The van der Waals surface area contributed by atoms with Gasteiger partial charge in [-0.05, 0) is 43.2 Å². The fourth-order valence-electron chi connectivity index (χ4n) is 3.02. The maximum atomic E-state index is 12.7. The second-order valence-electron chi connectivity index (χ2n) is 5.70. The van der Waals surface area contributed by atoms with E-state index in [9.17, 15) is 9.59 Å². The zero-order chi connectivity index (χ0) is 15.2. The highest BCUT2D eigenvalue weighted by atomic mass is 16.4. The standard InChI is InChI=1S/C17H23NO3/c1-2-14-7-3-4-8-15(14)17(21)18-11-5-6-13(12-18)9-10-16(19)20/h3-4,7-8,13H,2,5-6,9-12H2,1H3,(H,19,20). The van der Waals surface area contributed by atoms with E-state index in [2.05, 4.69) is 6.92 Å². The second-order valence-corrected chi connectivity index (χ2v) is 5.70. The molecule has 1 aliphatic heterocycles. The SMILES string of the molecule is CCc1ccccc1C(=O)N1CCCC(CCC(=O)O)C1. The Morgan fingerprint density at radius 2 is 2.10 bits per heavy atom. The smallest absolute Gasteiger partial charge is 0.303 e. The maximum absolute atomic E-state index is 12.7. The summed E-state index contributed by atoms with van der Waals surface area (Å²) in [6.45, 7) is 3.52. The predicted molar refractivity (Wildman–Crippen MR) is 81.3 cm³/mol. The highest BCUT2D eigenvalue weighted by Crippen LogP contribution is 2.23. The van der Waals surface area contributed by atoms with Gasteiger partial charge in [0.1, 0.15) is 0 Å². The number of nitrogens with zero attached hydrogens (tertiary/aromatic N) is 1. The van der Waals surface area contributed by atoms with Gasteiger partial charge in [-0.2, -0.15) is 0 Å². The van der Waals surface area contributed by atoms with Crippen molar-refractivity contribution in [3.63, 3.8) is 0 Å².